The summed E-state index contributed by atoms with van der Waals surface area (Å²) in [7, 11) is 1.25. The molecule has 1 rings (SSSR count). The van der Waals surface area contributed by atoms with Crippen LogP contribution in [0.3, 0.4) is 0 Å². The first-order valence-corrected chi connectivity index (χ1v) is 5.87. The van der Waals surface area contributed by atoms with Crippen LogP contribution in [-0.4, -0.2) is 25.8 Å². The van der Waals surface area contributed by atoms with Gasteiger partial charge in [-0.2, -0.15) is 13.2 Å². The van der Waals surface area contributed by atoms with Gasteiger partial charge in [0.1, 0.15) is 5.76 Å². The Kier molecular flexibility index (Phi) is 5.88. The average molecular weight is 279 g/mol. The van der Waals surface area contributed by atoms with Gasteiger partial charge in [0.2, 0.25) is 5.76 Å². The average Bonchev–Trinajstić information content (AvgIpc) is 2.80. The lowest BCUT2D eigenvalue weighted by Crippen LogP contribution is -2.15. The Morgan fingerprint density at radius 1 is 1.37 bits per heavy atom. The van der Waals surface area contributed by atoms with E-state index in [2.05, 4.69) is 10.1 Å². The third-order valence-corrected chi connectivity index (χ3v) is 2.41. The van der Waals surface area contributed by atoms with Crippen molar-refractivity contribution in [1.82, 2.24) is 5.32 Å². The zero-order valence-corrected chi connectivity index (χ0v) is 10.5. The fraction of sp³-hybridized carbons (Fsp3) is 0.583. The van der Waals surface area contributed by atoms with Crippen molar-refractivity contribution in [3.63, 3.8) is 0 Å². The van der Waals surface area contributed by atoms with Gasteiger partial charge in [-0.15, -0.1) is 0 Å². The number of alkyl halides is 3. The molecule has 0 aliphatic rings. The zero-order chi connectivity index (χ0) is 14.3. The van der Waals surface area contributed by atoms with E-state index < -0.39 is 18.6 Å². The van der Waals surface area contributed by atoms with Crippen LogP contribution in [0.25, 0.3) is 0 Å². The van der Waals surface area contributed by atoms with E-state index in [-0.39, 0.29) is 12.2 Å². The number of hydrogen-bond acceptors (Lipinski definition) is 4. The Morgan fingerprint density at radius 2 is 2.11 bits per heavy atom. The summed E-state index contributed by atoms with van der Waals surface area (Å²) in [6.07, 6.45) is -4.31. The number of nitrogens with one attached hydrogen (secondary N) is 1. The molecule has 0 saturated carbocycles. The summed E-state index contributed by atoms with van der Waals surface area (Å²) in [6, 6.07) is 3.11. The molecule has 0 spiro atoms. The maximum atomic E-state index is 11.9. The van der Waals surface area contributed by atoms with Crippen molar-refractivity contribution in [2.24, 2.45) is 0 Å². The largest absolute Gasteiger partial charge is 0.463 e. The summed E-state index contributed by atoms with van der Waals surface area (Å²) in [6.45, 7) is 0.827. The van der Waals surface area contributed by atoms with Gasteiger partial charge in [0, 0.05) is 6.42 Å². The molecule has 1 heterocycles. The van der Waals surface area contributed by atoms with Crippen LogP contribution in [0.15, 0.2) is 16.5 Å². The number of furan rings is 1. The molecule has 0 fully saturated rings. The maximum Gasteiger partial charge on any atom is 0.389 e. The minimum absolute atomic E-state index is 0.0993. The Labute approximate surface area is 108 Å². The fourth-order valence-corrected chi connectivity index (χ4v) is 1.47. The van der Waals surface area contributed by atoms with Gasteiger partial charge in [0.05, 0.1) is 13.7 Å². The van der Waals surface area contributed by atoms with Gasteiger partial charge in [-0.3, -0.25) is 0 Å². The fourth-order valence-electron chi connectivity index (χ4n) is 1.47. The Balaban J connectivity index is 2.16. The number of carbonyl (C=O) groups excluding carboxylic acids is 1. The van der Waals surface area contributed by atoms with Gasteiger partial charge in [-0.05, 0) is 31.5 Å². The van der Waals surface area contributed by atoms with E-state index in [0.29, 0.717) is 25.3 Å². The molecule has 1 aromatic heterocycles. The second-order valence-corrected chi connectivity index (χ2v) is 4.01. The van der Waals surface area contributed by atoms with Crippen molar-refractivity contribution in [1.29, 1.82) is 0 Å². The molecular weight excluding hydrogens is 263 g/mol. The van der Waals surface area contributed by atoms with Crippen molar-refractivity contribution >= 4 is 5.97 Å². The Hall–Kier alpha value is -1.50. The predicted octanol–water partition coefficient (Wildman–Crippen LogP) is 2.89. The Morgan fingerprint density at radius 3 is 2.74 bits per heavy atom. The van der Waals surface area contributed by atoms with E-state index >= 15 is 0 Å². The number of esters is 1. The summed E-state index contributed by atoms with van der Waals surface area (Å²) < 4.78 is 45.2. The van der Waals surface area contributed by atoms with E-state index in [9.17, 15) is 18.0 Å². The lowest BCUT2D eigenvalue weighted by molar-refractivity contribution is -0.135. The molecule has 0 unspecified atom stereocenters. The van der Waals surface area contributed by atoms with Crippen LogP contribution >= 0.6 is 0 Å². The SMILES string of the molecule is COC(=O)c1ccc(CNCCCCC(F)(F)F)o1. The van der Waals surface area contributed by atoms with Crippen molar-refractivity contribution in [2.75, 3.05) is 13.7 Å². The molecule has 19 heavy (non-hydrogen) atoms. The summed E-state index contributed by atoms with van der Waals surface area (Å²) in [4.78, 5) is 11.1. The number of methoxy groups -OCH3 is 1. The number of rotatable bonds is 7. The van der Waals surface area contributed by atoms with Crippen LogP contribution in [0, 0.1) is 0 Å². The highest BCUT2D eigenvalue weighted by molar-refractivity contribution is 5.86. The maximum absolute atomic E-state index is 11.9. The number of unbranched alkanes of at least 4 members (excludes halogenated alkanes) is 1. The number of ether oxygens (including phenoxy) is 1. The third-order valence-electron chi connectivity index (χ3n) is 2.41. The second kappa shape index (κ2) is 7.18. The standard InChI is InChI=1S/C12H16F3NO3/c1-18-11(17)10-5-4-9(19-10)8-16-7-3-2-6-12(13,14)15/h4-5,16H,2-3,6-8H2,1H3. The molecule has 0 bridgehead atoms. The van der Waals surface area contributed by atoms with Gasteiger partial charge < -0.3 is 14.5 Å². The van der Waals surface area contributed by atoms with E-state index in [1.165, 1.54) is 13.2 Å². The van der Waals surface area contributed by atoms with Crippen LogP contribution in [-0.2, 0) is 11.3 Å². The molecule has 4 nitrogen and oxygen atoms in total. The first-order chi connectivity index (χ1) is 8.92. The van der Waals surface area contributed by atoms with Crippen molar-refractivity contribution in [3.05, 3.63) is 23.7 Å². The number of hydrogen-bond donors (Lipinski definition) is 1. The minimum atomic E-state index is -4.09. The molecule has 1 aromatic rings. The van der Waals surface area contributed by atoms with E-state index in [4.69, 9.17) is 4.42 Å². The molecule has 7 heteroatoms. The topological polar surface area (TPSA) is 51.5 Å². The third kappa shape index (κ3) is 6.28. The highest BCUT2D eigenvalue weighted by Crippen LogP contribution is 2.21. The monoisotopic (exact) mass is 279 g/mol. The molecule has 1 N–H and O–H groups in total. The molecule has 0 aliphatic carbocycles. The van der Waals surface area contributed by atoms with Gasteiger partial charge in [-0.1, -0.05) is 0 Å². The Bertz CT molecular complexity index is 401. The van der Waals surface area contributed by atoms with Crippen molar-refractivity contribution in [2.45, 2.75) is 32.0 Å². The van der Waals surface area contributed by atoms with Crippen molar-refractivity contribution < 1.29 is 27.1 Å². The summed E-state index contributed by atoms with van der Waals surface area (Å²) >= 11 is 0. The molecule has 0 amide bonds. The molecule has 0 saturated heterocycles. The normalized spacial score (nSPS) is 11.6. The summed E-state index contributed by atoms with van der Waals surface area (Å²) in [5.74, 6) is 0.0871. The summed E-state index contributed by atoms with van der Waals surface area (Å²) in [5, 5.41) is 2.94. The molecule has 0 aliphatic heterocycles. The minimum Gasteiger partial charge on any atom is -0.463 e. The molecule has 0 radical (unpaired) electrons. The molecular formula is C12H16F3NO3. The highest BCUT2D eigenvalue weighted by Gasteiger charge is 2.25. The predicted molar refractivity (Wildman–Crippen MR) is 61.7 cm³/mol. The van der Waals surface area contributed by atoms with Gasteiger partial charge in [-0.25, -0.2) is 4.79 Å². The number of carbonyl (C=O) groups is 1. The molecule has 108 valence electrons. The van der Waals surface area contributed by atoms with Crippen LogP contribution in [0.4, 0.5) is 13.2 Å². The van der Waals surface area contributed by atoms with Gasteiger partial charge in [0.15, 0.2) is 0 Å². The smallest absolute Gasteiger partial charge is 0.389 e. The molecule has 0 atom stereocenters. The summed E-state index contributed by atoms with van der Waals surface area (Å²) in [5.41, 5.74) is 0. The second-order valence-electron chi connectivity index (χ2n) is 4.01. The van der Waals surface area contributed by atoms with Crippen LogP contribution in [0.1, 0.15) is 35.6 Å². The van der Waals surface area contributed by atoms with E-state index in [1.807, 2.05) is 0 Å². The van der Waals surface area contributed by atoms with E-state index in [1.54, 1.807) is 6.07 Å². The first-order valence-electron chi connectivity index (χ1n) is 5.87. The van der Waals surface area contributed by atoms with Crippen molar-refractivity contribution in [3.8, 4) is 0 Å². The quantitative estimate of drug-likeness (QED) is 0.616. The highest BCUT2D eigenvalue weighted by atomic mass is 19.4. The van der Waals surface area contributed by atoms with Crippen LogP contribution in [0.2, 0.25) is 0 Å². The molecule has 0 aromatic carbocycles. The van der Waals surface area contributed by atoms with Crippen LogP contribution in [0.5, 0.6) is 0 Å². The van der Waals surface area contributed by atoms with Gasteiger partial charge in [0.25, 0.3) is 0 Å². The number of halogens is 3. The first kappa shape index (κ1) is 15.6. The zero-order valence-electron chi connectivity index (χ0n) is 10.5. The van der Waals surface area contributed by atoms with Crippen LogP contribution < -0.4 is 5.32 Å². The van der Waals surface area contributed by atoms with Gasteiger partial charge >= 0.3 is 12.1 Å². The lowest BCUT2D eigenvalue weighted by Gasteiger charge is -2.06. The lowest BCUT2D eigenvalue weighted by atomic mass is 10.2. The van der Waals surface area contributed by atoms with E-state index in [0.717, 1.165) is 0 Å².